The molecule has 0 spiro atoms. The van der Waals surface area contributed by atoms with Crippen molar-refractivity contribution in [2.45, 2.75) is 24.9 Å². The van der Waals surface area contributed by atoms with Crippen molar-refractivity contribution in [3.63, 3.8) is 0 Å². The first kappa shape index (κ1) is 21.3. The van der Waals surface area contributed by atoms with Gasteiger partial charge in [0.15, 0.2) is 0 Å². The predicted molar refractivity (Wildman–Crippen MR) is 113 cm³/mol. The fourth-order valence-corrected chi connectivity index (χ4v) is 4.49. The van der Waals surface area contributed by atoms with Crippen LogP contribution in [0.2, 0.25) is 0 Å². The normalized spacial score (nSPS) is 16.9. The zero-order valence-electron chi connectivity index (χ0n) is 16.7. The minimum atomic E-state index is -3.24. The molecule has 1 amide bonds. The van der Waals surface area contributed by atoms with Crippen LogP contribution in [-0.2, 0) is 14.8 Å². The standard InChI is InChI=1S/C21H27N3O4S/c1-28-19-10-6-9-18(15-19)22-21(25)20(16-7-4-3-5-8-16)24-13-11-17(12-14-24)23-29(2,26)27/h3-10,15,17,20,23H,11-14H2,1-2H3,(H,22,25)/t20-/m0/s1. The highest BCUT2D eigenvalue weighted by Crippen LogP contribution is 2.27. The van der Waals surface area contributed by atoms with Crippen LogP contribution in [0.4, 0.5) is 5.69 Å². The van der Waals surface area contributed by atoms with E-state index in [1.54, 1.807) is 13.2 Å². The van der Waals surface area contributed by atoms with Crippen molar-refractivity contribution in [3.8, 4) is 5.75 Å². The van der Waals surface area contributed by atoms with E-state index < -0.39 is 16.1 Å². The molecule has 0 aliphatic carbocycles. The van der Waals surface area contributed by atoms with Gasteiger partial charge in [0.05, 0.1) is 13.4 Å². The average Bonchev–Trinajstić information content (AvgIpc) is 2.69. The van der Waals surface area contributed by atoms with Gasteiger partial charge >= 0.3 is 0 Å². The van der Waals surface area contributed by atoms with Crippen LogP contribution in [0.1, 0.15) is 24.4 Å². The zero-order chi connectivity index (χ0) is 20.9. The largest absolute Gasteiger partial charge is 0.497 e. The summed E-state index contributed by atoms with van der Waals surface area (Å²) in [6.07, 6.45) is 2.49. The molecular formula is C21H27N3O4S. The Morgan fingerprint density at radius 1 is 1.10 bits per heavy atom. The molecule has 0 aromatic heterocycles. The zero-order valence-corrected chi connectivity index (χ0v) is 17.5. The number of carbonyl (C=O) groups is 1. The van der Waals surface area contributed by atoms with Gasteiger partial charge in [-0.05, 0) is 30.5 Å². The summed E-state index contributed by atoms with van der Waals surface area (Å²) in [5.74, 6) is 0.547. The van der Waals surface area contributed by atoms with Crippen LogP contribution in [0.25, 0.3) is 0 Å². The summed E-state index contributed by atoms with van der Waals surface area (Å²) in [5, 5.41) is 2.99. The van der Waals surface area contributed by atoms with Crippen LogP contribution in [0.5, 0.6) is 5.75 Å². The van der Waals surface area contributed by atoms with Crippen molar-refractivity contribution in [2.24, 2.45) is 0 Å². The second kappa shape index (κ2) is 9.39. The molecule has 8 heteroatoms. The van der Waals surface area contributed by atoms with E-state index in [1.165, 1.54) is 6.26 Å². The summed E-state index contributed by atoms with van der Waals surface area (Å²) < 4.78 is 30.9. The number of nitrogens with one attached hydrogen (secondary N) is 2. The van der Waals surface area contributed by atoms with E-state index in [0.29, 0.717) is 37.4 Å². The number of benzene rings is 2. The average molecular weight is 418 g/mol. The van der Waals surface area contributed by atoms with Gasteiger partial charge in [-0.15, -0.1) is 0 Å². The predicted octanol–water partition coefficient (Wildman–Crippen LogP) is 2.39. The SMILES string of the molecule is COc1cccc(NC(=O)[C@H](c2ccccc2)N2CCC(NS(C)(=O)=O)CC2)c1. The highest BCUT2D eigenvalue weighted by molar-refractivity contribution is 7.88. The van der Waals surface area contributed by atoms with E-state index >= 15 is 0 Å². The van der Waals surface area contributed by atoms with Gasteiger partial charge in [-0.2, -0.15) is 0 Å². The number of sulfonamides is 1. The lowest BCUT2D eigenvalue weighted by Crippen LogP contribution is -2.47. The van der Waals surface area contributed by atoms with Crippen molar-refractivity contribution in [3.05, 3.63) is 60.2 Å². The van der Waals surface area contributed by atoms with E-state index in [2.05, 4.69) is 14.9 Å². The van der Waals surface area contributed by atoms with Crippen molar-refractivity contribution < 1.29 is 17.9 Å². The minimum absolute atomic E-state index is 0.0980. The van der Waals surface area contributed by atoms with E-state index in [0.717, 1.165) is 5.56 Å². The molecule has 3 rings (SSSR count). The third-order valence-corrected chi connectivity index (χ3v) is 5.74. The first-order valence-electron chi connectivity index (χ1n) is 9.57. The Morgan fingerprint density at radius 3 is 2.41 bits per heavy atom. The van der Waals surface area contributed by atoms with Gasteiger partial charge in [0.25, 0.3) is 0 Å². The third-order valence-electron chi connectivity index (χ3n) is 4.98. The third kappa shape index (κ3) is 6.03. The number of hydrogen-bond donors (Lipinski definition) is 2. The van der Waals surface area contributed by atoms with Gasteiger partial charge in [-0.1, -0.05) is 36.4 Å². The summed E-state index contributed by atoms with van der Waals surface area (Å²) in [5.41, 5.74) is 1.58. The summed E-state index contributed by atoms with van der Waals surface area (Å²) >= 11 is 0. The molecule has 156 valence electrons. The van der Waals surface area contributed by atoms with Gasteiger partial charge < -0.3 is 10.1 Å². The van der Waals surface area contributed by atoms with Crippen molar-refractivity contribution in [1.29, 1.82) is 0 Å². The lowest BCUT2D eigenvalue weighted by molar-refractivity contribution is -0.122. The number of anilines is 1. The monoisotopic (exact) mass is 417 g/mol. The topological polar surface area (TPSA) is 87.7 Å². The quantitative estimate of drug-likeness (QED) is 0.722. The Bertz CT molecular complexity index is 926. The summed E-state index contributed by atoms with van der Waals surface area (Å²) in [6, 6.07) is 16.3. The molecule has 1 atom stereocenters. The number of methoxy groups -OCH3 is 1. The highest BCUT2D eigenvalue weighted by atomic mass is 32.2. The van der Waals surface area contributed by atoms with Crippen LogP contribution < -0.4 is 14.8 Å². The second-order valence-corrected chi connectivity index (χ2v) is 9.01. The fraction of sp³-hybridized carbons (Fsp3) is 0.381. The fourth-order valence-electron chi connectivity index (χ4n) is 3.65. The molecule has 2 aromatic rings. The van der Waals surface area contributed by atoms with Crippen LogP contribution in [-0.4, -0.2) is 51.7 Å². The van der Waals surface area contributed by atoms with Crippen molar-refractivity contribution in [1.82, 2.24) is 9.62 Å². The molecule has 29 heavy (non-hydrogen) atoms. The van der Waals surface area contributed by atoms with E-state index in [-0.39, 0.29) is 11.9 Å². The van der Waals surface area contributed by atoms with E-state index in [1.807, 2.05) is 48.5 Å². The lowest BCUT2D eigenvalue weighted by Gasteiger charge is -2.37. The summed E-state index contributed by atoms with van der Waals surface area (Å²) in [6.45, 7) is 1.25. The minimum Gasteiger partial charge on any atom is -0.497 e. The maximum absolute atomic E-state index is 13.2. The molecular weight excluding hydrogens is 390 g/mol. The molecule has 0 bridgehead atoms. The molecule has 1 saturated heterocycles. The Morgan fingerprint density at radius 2 is 1.79 bits per heavy atom. The molecule has 2 aromatic carbocycles. The smallest absolute Gasteiger partial charge is 0.246 e. The van der Waals surface area contributed by atoms with Crippen LogP contribution in [0.3, 0.4) is 0 Å². The first-order valence-corrected chi connectivity index (χ1v) is 11.5. The van der Waals surface area contributed by atoms with Crippen molar-refractivity contribution >= 4 is 21.6 Å². The molecule has 1 aliphatic rings. The number of likely N-dealkylation sites (tertiary alicyclic amines) is 1. The number of piperidine rings is 1. The Hall–Kier alpha value is -2.42. The molecule has 1 aliphatic heterocycles. The second-order valence-electron chi connectivity index (χ2n) is 7.23. The van der Waals surface area contributed by atoms with Crippen LogP contribution >= 0.6 is 0 Å². The van der Waals surface area contributed by atoms with Gasteiger partial charge in [0, 0.05) is 30.9 Å². The number of amides is 1. The number of ether oxygens (including phenoxy) is 1. The molecule has 1 fully saturated rings. The molecule has 0 unspecified atom stereocenters. The number of nitrogens with zero attached hydrogens (tertiary/aromatic N) is 1. The van der Waals surface area contributed by atoms with Crippen LogP contribution in [0.15, 0.2) is 54.6 Å². The number of carbonyl (C=O) groups excluding carboxylic acids is 1. The van der Waals surface area contributed by atoms with Gasteiger partial charge in [0.1, 0.15) is 11.8 Å². The molecule has 7 nitrogen and oxygen atoms in total. The van der Waals surface area contributed by atoms with Gasteiger partial charge in [-0.3, -0.25) is 9.69 Å². The molecule has 0 radical (unpaired) electrons. The Labute approximate surface area is 172 Å². The summed E-state index contributed by atoms with van der Waals surface area (Å²) in [7, 11) is -1.65. The lowest BCUT2D eigenvalue weighted by atomic mass is 9.99. The molecule has 2 N–H and O–H groups in total. The Balaban J connectivity index is 1.76. The Kier molecular flexibility index (Phi) is 6.89. The summed E-state index contributed by atoms with van der Waals surface area (Å²) in [4.78, 5) is 15.3. The number of hydrogen-bond acceptors (Lipinski definition) is 5. The maximum Gasteiger partial charge on any atom is 0.246 e. The first-order chi connectivity index (χ1) is 13.9. The molecule has 0 saturated carbocycles. The van der Waals surface area contributed by atoms with Crippen LogP contribution in [0, 0.1) is 0 Å². The number of rotatable bonds is 7. The van der Waals surface area contributed by atoms with Gasteiger partial charge in [0.2, 0.25) is 15.9 Å². The van der Waals surface area contributed by atoms with Gasteiger partial charge in [-0.25, -0.2) is 13.1 Å². The van der Waals surface area contributed by atoms with E-state index in [4.69, 9.17) is 4.74 Å². The van der Waals surface area contributed by atoms with E-state index in [9.17, 15) is 13.2 Å². The van der Waals surface area contributed by atoms with Crippen molar-refractivity contribution in [2.75, 3.05) is 31.8 Å². The maximum atomic E-state index is 13.2. The highest BCUT2D eigenvalue weighted by Gasteiger charge is 2.31. The molecule has 1 heterocycles.